The van der Waals surface area contributed by atoms with Crippen molar-refractivity contribution >= 4 is 11.8 Å². The van der Waals surface area contributed by atoms with Gasteiger partial charge in [0.2, 0.25) is 5.89 Å². The molecule has 0 aliphatic carbocycles. The van der Waals surface area contributed by atoms with Crippen LogP contribution in [0.25, 0.3) is 0 Å². The Balaban J connectivity index is 2.12. The fourth-order valence-electron chi connectivity index (χ4n) is 2.67. The van der Waals surface area contributed by atoms with E-state index in [1.807, 2.05) is 11.8 Å². The van der Waals surface area contributed by atoms with Gasteiger partial charge >= 0.3 is 0 Å². The van der Waals surface area contributed by atoms with E-state index in [2.05, 4.69) is 29.3 Å². The number of aromatic nitrogens is 2. The van der Waals surface area contributed by atoms with Crippen LogP contribution < -0.4 is 5.32 Å². The van der Waals surface area contributed by atoms with Crippen LogP contribution in [0.1, 0.15) is 51.2 Å². The third kappa shape index (κ3) is 3.06. The van der Waals surface area contributed by atoms with Gasteiger partial charge in [-0.1, -0.05) is 25.4 Å². The van der Waals surface area contributed by atoms with Gasteiger partial charge in [0.05, 0.1) is 11.2 Å². The molecular weight excluding hydrogens is 246 g/mol. The Morgan fingerprint density at radius 3 is 3.00 bits per heavy atom. The minimum Gasteiger partial charge on any atom is -0.339 e. The molecule has 1 aliphatic rings. The molecule has 0 spiro atoms. The molecule has 0 bridgehead atoms. The fraction of sp³-hybridized carbons (Fsp3) is 0.846. The molecule has 2 heterocycles. The number of hydrogen-bond acceptors (Lipinski definition) is 5. The molecule has 2 rings (SSSR count). The van der Waals surface area contributed by atoms with Crippen molar-refractivity contribution in [3.05, 3.63) is 11.7 Å². The first kappa shape index (κ1) is 13.9. The molecule has 1 fully saturated rings. The van der Waals surface area contributed by atoms with E-state index >= 15 is 0 Å². The van der Waals surface area contributed by atoms with Gasteiger partial charge in [-0.3, -0.25) is 0 Å². The summed E-state index contributed by atoms with van der Waals surface area (Å²) >= 11 is 1.83. The van der Waals surface area contributed by atoms with E-state index in [0.717, 1.165) is 55.6 Å². The molecule has 1 saturated heterocycles. The highest BCUT2D eigenvalue weighted by atomic mass is 32.2. The third-order valence-corrected chi connectivity index (χ3v) is 4.43. The molecule has 18 heavy (non-hydrogen) atoms. The summed E-state index contributed by atoms with van der Waals surface area (Å²) in [5.41, 5.74) is 0.0785. The zero-order valence-electron chi connectivity index (χ0n) is 11.4. The molecule has 0 radical (unpaired) electrons. The molecule has 4 nitrogen and oxygen atoms in total. The van der Waals surface area contributed by atoms with Crippen molar-refractivity contribution in [3.8, 4) is 0 Å². The number of nitrogens with one attached hydrogen (secondary N) is 1. The second-order valence-electron chi connectivity index (χ2n) is 4.96. The first-order valence-corrected chi connectivity index (χ1v) is 8.08. The van der Waals surface area contributed by atoms with Gasteiger partial charge in [0.15, 0.2) is 5.82 Å². The first-order chi connectivity index (χ1) is 8.80. The Bertz CT molecular complexity index is 355. The average molecular weight is 269 g/mol. The van der Waals surface area contributed by atoms with Gasteiger partial charge < -0.3 is 9.84 Å². The predicted octanol–water partition coefficient (Wildman–Crippen LogP) is 2.74. The van der Waals surface area contributed by atoms with Gasteiger partial charge in [-0.2, -0.15) is 16.7 Å². The Morgan fingerprint density at radius 2 is 2.33 bits per heavy atom. The molecule has 1 aliphatic heterocycles. The van der Waals surface area contributed by atoms with Gasteiger partial charge in [-0.15, -0.1) is 0 Å². The minimum atomic E-state index is 0.0785. The zero-order chi connectivity index (χ0) is 12.8. The standard InChI is InChI=1S/C13H23N3OS/c1-3-6-13(7-5-8-14-10-13)12-15-11(16-17-12)9-18-4-2/h14H,3-10H2,1-2H3. The largest absolute Gasteiger partial charge is 0.339 e. The Kier molecular flexibility index (Phi) is 5.06. The van der Waals surface area contributed by atoms with Crippen molar-refractivity contribution in [2.75, 3.05) is 18.8 Å². The van der Waals surface area contributed by atoms with Crippen LogP contribution in [0.4, 0.5) is 0 Å². The van der Waals surface area contributed by atoms with E-state index in [0.29, 0.717) is 0 Å². The van der Waals surface area contributed by atoms with Crippen LogP contribution >= 0.6 is 11.8 Å². The third-order valence-electron chi connectivity index (χ3n) is 3.56. The molecule has 102 valence electrons. The van der Waals surface area contributed by atoms with E-state index in [1.165, 1.54) is 6.42 Å². The van der Waals surface area contributed by atoms with Crippen LogP contribution in [0.5, 0.6) is 0 Å². The normalized spacial score (nSPS) is 24.3. The lowest BCUT2D eigenvalue weighted by atomic mass is 9.77. The average Bonchev–Trinajstić information content (AvgIpc) is 2.87. The van der Waals surface area contributed by atoms with Gasteiger partial charge in [-0.05, 0) is 31.6 Å². The van der Waals surface area contributed by atoms with Crippen molar-refractivity contribution in [2.45, 2.75) is 50.7 Å². The molecule has 0 aromatic carbocycles. The smallest absolute Gasteiger partial charge is 0.234 e. The molecule has 1 aromatic rings. The maximum absolute atomic E-state index is 5.54. The lowest BCUT2D eigenvalue weighted by molar-refractivity contribution is 0.213. The van der Waals surface area contributed by atoms with Crippen LogP contribution in [0.15, 0.2) is 4.52 Å². The first-order valence-electron chi connectivity index (χ1n) is 6.92. The summed E-state index contributed by atoms with van der Waals surface area (Å²) in [5.74, 6) is 3.64. The molecule has 1 aromatic heterocycles. The molecule has 1 N–H and O–H groups in total. The maximum Gasteiger partial charge on any atom is 0.234 e. The number of thioether (sulfide) groups is 1. The highest BCUT2D eigenvalue weighted by molar-refractivity contribution is 7.98. The van der Waals surface area contributed by atoms with Gasteiger partial charge in [0.25, 0.3) is 0 Å². The summed E-state index contributed by atoms with van der Waals surface area (Å²) in [7, 11) is 0. The Morgan fingerprint density at radius 1 is 1.44 bits per heavy atom. The topological polar surface area (TPSA) is 51.0 Å². The number of rotatable bonds is 6. The molecule has 0 saturated carbocycles. The fourth-order valence-corrected chi connectivity index (χ4v) is 3.17. The van der Waals surface area contributed by atoms with Crippen LogP contribution in [-0.4, -0.2) is 29.0 Å². The monoisotopic (exact) mass is 269 g/mol. The zero-order valence-corrected chi connectivity index (χ0v) is 12.2. The molecular formula is C13H23N3OS. The van der Waals surface area contributed by atoms with E-state index in [9.17, 15) is 0 Å². The summed E-state index contributed by atoms with van der Waals surface area (Å²) in [6.07, 6.45) is 4.64. The lowest BCUT2D eigenvalue weighted by Crippen LogP contribution is -2.43. The quantitative estimate of drug-likeness (QED) is 0.860. The molecule has 0 amide bonds. The van der Waals surface area contributed by atoms with Gasteiger partial charge in [-0.25, -0.2) is 0 Å². The summed E-state index contributed by atoms with van der Waals surface area (Å²) in [6, 6.07) is 0. The summed E-state index contributed by atoms with van der Waals surface area (Å²) < 4.78 is 5.54. The van der Waals surface area contributed by atoms with E-state index < -0.39 is 0 Å². The summed E-state index contributed by atoms with van der Waals surface area (Å²) in [6.45, 7) is 6.46. The highest BCUT2D eigenvalue weighted by Gasteiger charge is 2.38. The Labute approximate surface area is 113 Å². The van der Waals surface area contributed by atoms with Crippen LogP contribution in [0.2, 0.25) is 0 Å². The van der Waals surface area contributed by atoms with Gasteiger partial charge in [0, 0.05) is 6.54 Å². The second-order valence-corrected chi connectivity index (χ2v) is 6.24. The van der Waals surface area contributed by atoms with Crippen LogP contribution in [-0.2, 0) is 11.2 Å². The molecule has 1 unspecified atom stereocenters. The number of nitrogens with zero attached hydrogens (tertiary/aromatic N) is 2. The van der Waals surface area contributed by atoms with E-state index in [4.69, 9.17) is 4.52 Å². The van der Waals surface area contributed by atoms with Crippen molar-refractivity contribution in [1.29, 1.82) is 0 Å². The van der Waals surface area contributed by atoms with Crippen LogP contribution in [0.3, 0.4) is 0 Å². The summed E-state index contributed by atoms with van der Waals surface area (Å²) in [5, 5.41) is 7.60. The lowest BCUT2D eigenvalue weighted by Gasteiger charge is -2.34. The van der Waals surface area contributed by atoms with Crippen molar-refractivity contribution in [2.24, 2.45) is 0 Å². The van der Waals surface area contributed by atoms with Gasteiger partial charge in [0.1, 0.15) is 0 Å². The summed E-state index contributed by atoms with van der Waals surface area (Å²) in [4.78, 5) is 4.62. The minimum absolute atomic E-state index is 0.0785. The van der Waals surface area contributed by atoms with E-state index in [-0.39, 0.29) is 5.41 Å². The number of piperidine rings is 1. The number of hydrogen-bond donors (Lipinski definition) is 1. The molecule has 1 atom stereocenters. The predicted molar refractivity (Wildman–Crippen MR) is 74.8 cm³/mol. The second kappa shape index (κ2) is 6.57. The molecule has 5 heteroatoms. The van der Waals surface area contributed by atoms with E-state index in [1.54, 1.807) is 0 Å². The SMILES string of the molecule is CCCC1(c2nc(CSCC)no2)CCCNC1. The van der Waals surface area contributed by atoms with Crippen molar-refractivity contribution < 1.29 is 4.52 Å². The maximum atomic E-state index is 5.54. The highest BCUT2D eigenvalue weighted by Crippen LogP contribution is 2.34. The van der Waals surface area contributed by atoms with Crippen molar-refractivity contribution in [1.82, 2.24) is 15.5 Å². The van der Waals surface area contributed by atoms with Crippen LogP contribution in [0, 0.1) is 0 Å². The Hall–Kier alpha value is -0.550. The van der Waals surface area contributed by atoms with Crippen molar-refractivity contribution in [3.63, 3.8) is 0 Å².